The zero-order chi connectivity index (χ0) is 16.2. The minimum absolute atomic E-state index is 0.411. The molecule has 0 aromatic heterocycles. The van der Waals surface area contributed by atoms with Gasteiger partial charge in [-0.25, -0.2) is 0 Å². The number of thiocarbonyl (C=S) groups is 1. The van der Waals surface area contributed by atoms with E-state index in [2.05, 4.69) is 53.5 Å². The molecule has 1 aliphatic heterocycles. The summed E-state index contributed by atoms with van der Waals surface area (Å²) in [4.78, 5) is 2.23. The Hall–Kier alpha value is -2.07. The molecule has 1 unspecified atom stereocenters. The van der Waals surface area contributed by atoms with E-state index in [1.807, 2.05) is 12.1 Å². The molecule has 3 rings (SSSR count). The molecule has 2 aromatic rings. The quantitative estimate of drug-likeness (QED) is 0.868. The highest BCUT2D eigenvalue weighted by Crippen LogP contribution is 2.31. The van der Waals surface area contributed by atoms with Crippen molar-refractivity contribution in [2.75, 3.05) is 18.6 Å². The van der Waals surface area contributed by atoms with E-state index in [0.717, 1.165) is 30.2 Å². The molecular weight excluding hydrogens is 304 g/mol. The summed E-state index contributed by atoms with van der Waals surface area (Å²) < 4.78 is 5.18. The van der Waals surface area contributed by atoms with Gasteiger partial charge in [0.05, 0.1) is 7.11 Å². The van der Waals surface area contributed by atoms with Crippen LogP contribution in [0.25, 0.3) is 0 Å². The molecule has 2 aromatic carbocycles. The van der Waals surface area contributed by atoms with E-state index >= 15 is 0 Å². The topological polar surface area (TPSA) is 24.5 Å². The Morgan fingerprint density at radius 3 is 2.70 bits per heavy atom. The lowest BCUT2D eigenvalue weighted by Crippen LogP contribution is -2.43. The van der Waals surface area contributed by atoms with Gasteiger partial charge in [-0.15, -0.1) is 0 Å². The number of nitrogens with zero attached hydrogens (tertiary/aromatic N) is 1. The second-order valence-corrected chi connectivity index (χ2v) is 6.27. The first-order valence-corrected chi connectivity index (χ1v) is 8.38. The van der Waals surface area contributed by atoms with Crippen molar-refractivity contribution < 1.29 is 4.74 Å². The Labute approximate surface area is 143 Å². The molecule has 1 heterocycles. The fraction of sp³-hybridized carbons (Fsp3) is 0.316. The summed E-state index contributed by atoms with van der Waals surface area (Å²) >= 11 is 5.62. The van der Waals surface area contributed by atoms with E-state index in [4.69, 9.17) is 17.0 Å². The third kappa shape index (κ3) is 3.48. The maximum atomic E-state index is 5.62. The Balaban J connectivity index is 1.57. The van der Waals surface area contributed by atoms with Crippen molar-refractivity contribution in [2.24, 2.45) is 0 Å². The number of nitrogens with one attached hydrogen (secondary N) is 1. The lowest BCUT2D eigenvalue weighted by Gasteiger charge is -2.26. The van der Waals surface area contributed by atoms with Crippen LogP contribution in [0.2, 0.25) is 0 Å². The van der Waals surface area contributed by atoms with Gasteiger partial charge in [0.2, 0.25) is 0 Å². The van der Waals surface area contributed by atoms with E-state index < -0.39 is 0 Å². The number of anilines is 1. The molecule has 23 heavy (non-hydrogen) atoms. The maximum absolute atomic E-state index is 5.62. The molecule has 0 aliphatic carbocycles. The lowest BCUT2D eigenvalue weighted by molar-refractivity contribution is 0.414. The minimum atomic E-state index is 0.411. The Morgan fingerprint density at radius 1 is 1.22 bits per heavy atom. The smallest absolute Gasteiger partial charge is 0.173 e. The van der Waals surface area contributed by atoms with E-state index in [0.29, 0.717) is 6.04 Å². The predicted molar refractivity (Wildman–Crippen MR) is 99.4 cm³/mol. The van der Waals surface area contributed by atoms with E-state index in [9.17, 15) is 0 Å². The van der Waals surface area contributed by atoms with Gasteiger partial charge in [0, 0.05) is 18.3 Å². The molecule has 0 radical (unpaired) electrons. The summed E-state index contributed by atoms with van der Waals surface area (Å²) in [5, 5.41) is 4.21. The van der Waals surface area contributed by atoms with Crippen LogP contribution >= 0.6 is 12.2 Å². The van der Waals surface area contributed by atoms with Crippen LogP contribution in [0.3, 0.4) is 0 Å². The highest BCUT2D eigenvalue weighted by atomic mass is 32.1. The van der Waals surface area contributed by atoms with Gasteiger partial charge in [-0.2, -0.15) is 0 Å². The molecule has 120 valence electrons. The normalized spacial score (nSPS) is 16.1. The molecule has 0 saturated carbocycles. The monoisotopic (exact) mass is 326 g/mol. The van der Waals surface area contributed by atoms with Crippen LogP contribution < -0.4 is 15.0 Å². The number of para-hydroxylation sites is 1. The summed E-state index contributed by atoms with van der Waals surface area (Å²) in [7, 11) is 1.68. The molecule has 3 nitrogen and oxygen atoms in total. The second-order valence-electron chi connectivity index (χ2n) is 5.88. The van der Waals surface area contributed by atoms with Gasteiger partial charge in [-0.3, -0.25) is 0 Å². The molecule has 4 heteroatoms. The van der Waals surface area contributed by atoms with Gasteiger partial charge >= 0.3 is 0 Å². The highest BCUT2D eigenvalue weighted by molar-refractivity contribution is 7.80. The minimum Gasteiger partial charge on any atom is -0.497 e. The van der Waals surface area contributed by atoms with E-state index in [1.165, 1.54) is 16.8 Å². The van der Waals surface area contributed by atoms with Crippen molar-refractivity contribution in [3.8, 4) is 5.75 Å². The number of ether oxygens (including phenoxy) is 1. The van der Waals surface area contributed by atoms with Crippen LogP contribution in [0.4, 0.5) is 5.69 Å². The van der Waals surface area contributed by atoms with Crippen LogP contribution in [0.15, 0.2) is 48.5 Å². The average molecular weight is 326 g/mol. The molecular formula is C19H22N2OS. The molecule has 0 amide bonds. The summed E-state index contributed by atoms with van der Waals surface area (Å²) in [5.41, 5.74) is 3.89. The molecule has 0 bridgehead atoms. The van der Waals surface area contributed by atoms with Crippen LogP contribution in [0.1, 0.15) is 18.1 Å². The molecule has 0 saturated heterocycles. The van der Waals surface area contributed by atoms with Crippen LogP contribution in [-0.4, -0.2) is 24.8 Å². The zero-order valence-corrected chi connectivity index (χ0v) is 14.4. The largest absolute Gasteiger partial charge is 0.497 e. The van der Waals surface area contributed by atoms with Crippen LogP contribution in [0, 0.1) is 0 Å². The summed E-state index contributed by atoms with van der Waals surface area (Å²) in [6.07, 6.45) is 1.99. The summed E-state index contributed by atoms with van der Waals surface area (Å²) in [5.74, 6) is 0.889. The Morgan fingerprint density at radius 2 is 1.96 bits per heavy atom. The number of benzene rings is 2. The molecule has 1 N–H and O–H groups in total. The third-order valence-corrected chi connectivity index (χ3v) is 4.62. The van der Waals surface area contributed by atoms with E-state index in [-0.39, 0.29) is 0 Å². The number of methoxy groups -OCH3 is 1. The first-order valence-electron chi connectivity index (χ1n) is 7.97. The van der Waals surface area contributed by atoms with Crippen molar-refractivity contribution in [2.45, 2.75) is 25.8 Å². The number of fused-ring (bicyclic) bond motifs is 1. The van der Waals surface area contributed by atoms with Crippen LogP contribution in [0.5, 0.6) is 5.75 Å². The number of rotatable bonds is 4. The third-order valence-electron chi connectivity index (χ3n) is 4.28. The predicted octanol–water partition coefficient (Wildman–Crippen LogP) is 3.56. The molecule has 0 spiro atoms. The van der Waals surface area contributed by atoms with Crippen molar-refractivity contribution in [1.82, 2.24) is 5.32 Å². The highest BCUT2D eigenvalue weighted by Gasteiger charge is 2.28. The van der Waals surface area contributed by atoms with Gasteiger partial charge < -0.3 is 15.0 Å². The second kappa shape index (κ2) is 7.01. The molecule has 1 atom stereocenters. The number of hydrogen-bond acceptors (Lipinski definition) is 2. The molecule has 1 aliphatic rings. The fourth-order valence-electron chi connectivity index (χ4n) is 3.07. The van der Waals surface area contributed by atoms with Crippen molar-refractivity contribution in [1.29, 1.82) is 0 Å². The van der Waals surface area contributed by atoms with Gasteiger partial charge in [-0.05, 0) is 61.3 Å². The Kier molecular flexibility index (Phi) is 4.82. The fourth-order valence-corrected chi connectivity index (χ4v) is 3.45. The zero-order valence-electron chi connectivity index (χ0n) is 13.6. The average Bonchev–Trinajstić information content (AvgIpc) is 2.91. The van der Waals surface area contributed by atoms with E-state index in [1.54, 1.807) is 7.11 Å². The maximum Gasteiger partial charge on any atom is 0.173 e. The first-order chi connectivity index (χ1) is 11.2. The summed E-state index contributed by atoms with van der Waals surface area (Å²) in [6.45, 7) is 3.05. The summed E-state index contributed by atoms with van der Waals surface area (Å²) in [6, 6.07) is 17.1. The number of hydrogen-bond donors (Lipinski definition) is 1. The first kappa shape index (κ1) is 15.8. The lowest BCUT2D eigenvalue weighted by atomic mass is 10.1. The SMILES string of the molecule is COc1ccc(CCNC(=S)N2c3ccccc3CC2C)cc1. The van der Waals surface area contributed by atoms with Crippen molar-refractivity contribution in [3.63, 3.8) is 0 Å². The van der Waals surface area contributed by atoms with Gasteiger partial charge in [0.15, 0.2) is 5.11 Å². The standard InChI is InChI=1S/C19H22N2OS/c1-14-13-16-5-3-4-6-18(16)21(14)19(23)20-12-11-15-7-9-17(22-2)10-8-15/h3-10,14H,11-13H2,1-2H3,(H,20,23). The van der Waals surface area contributed by atoms with Crippen molar-refractivity contribution in [3.05, 3.63) is 59.7 Å². The van der Waals surface area contributed by atoms with Gasteiger partial charge in [0.25, 0.3) is 0 Å². The molecule has 0 fully saturated rings. The van der Waals surface area contributed by atoms with Crippen LogP contribution in [-0.2, 0) is 12.8 Å². The van der Waals surface area contributed by atoms with Gasteiger partial charge in [-0.1, -0.05) is 30.3 Å². The van der Waals surface area contributed by atoms with Gasteiger partial charge in [0.1, 0.15) is 5.75 Å². The Bertz CT molecular complexity index is 684. The van der Waals surface area contributed by atoms with Crippen molar-refractivity contribution >= 4 is 23.0 Å².